The molecule has 0 bridgehead atoms. The molecule has 0 fully saturated rings. The topological polar surface area (TPSA) is 37.2 Å². The van der Waals surface area contributed by atoms with Gasteiger partial charge in [0.1, 0.15) is 12.4 Å². The molecule has 0 N–H and O–H groups in total. The Morgan fingerprint density at radius 3 is 3.26 bits per heavy atom. The Labute approximate surface area is 123 Å². The highest BCUT2D eigenvalue weighted by atomic mass is 16.5. The lowest BCUT2D eigenvalue weighted by Gasteiger charge is -2.23. The van der Waals surface area contributed by atoms with Gasteiger partial charge in [-0.15, -0.1) is 0 Å². The van der Waals surface area contributed by atoms with Crippen molar-refractivity contribution in [2.75, 3.05) is 33.3 Å². The van der Waals surface area contributed by atoms with E-state index in [1.807, 2.05) is 13.0 Å². The largest absolute Gasteiger partial charge is 0.476 e. The van der Waals surface area contributed by atoms with E-state index in [9.17, 15) is 0 Å². The van der Waals surface area contributed by atoms with Crippen LogP contribution in [0.25, 0.3) is 0 Å². The Balaban J connectivity index is 1.92. The molecule has 0 saturated carbocycles. The van der Waals surface area contributed by atoms with Crippen molar-refractivity contribution in [2.45, 2.75) is 39.0 Å². The van der Waals surface area contributed by atoms with Crippen molar-refractivity contribution in [1.29, 1.82) is 0 Å². The quantitative estimate of drug-likeness (QED) is 0.742. The summed E-state index contributed by atoms with van der Waals surface area (Å²) in [6.07, 6.45) is 2.99. The highest BCUT2D eigenvalue weighted by molar-refractivity contribution is 6.46. The van der Waals surface area contributed by atoms with Crippen molar-refractivity contribution in [3.05, 3.63) is 11.6 Å². The fourth-order valence-electron chi connectivity index (χ4n) is 2.10. The van der Waals surface area contributed by atoms with E-state index >= 15 is 0 Å². The van der Waals surface area contributed by atoms with Gasteiger partial charge in [0.05, 0.1) is 6.61 Å². The molecule has 0 aromatic heterocycles. The summed E-state index contributed by atoms with van der Waals surface area (Å²) < 4.78 is 44.0. The first kappa shape index (κ1) is 8.90. The smallest absolute Gasteiger partial charge is 0.237 e. The maximum atomic E-state index is 7.88. The molecular formula is C15H25N3O. The number of rotatable bonds is 6. The van der Waals surface area contributed by atoms with Crippen LogP contribution in [0, 0.1) is 0 Å². The van der Waals surface area contributed by atoms with Gasteiger partial charge in [-0.25, -0.2) is 4.99 Å². The Morgan fingerprint density at radius 1 is 1.47 bits per heavy atom. The van der Waals surface area contributed by atoms with Crippen molar-refractivity contribution < 1.29 is 11.6 Å². The average Bonchev–Trinajstić information content (AvgIpc) is 2.94. The second kappa shape index (κ2) is 7.43. The fourth-order valence-corrected chi connectivity index (χ4v) is 2.10. The first-order valence-corrected chi connectivity index (χ1v) is 6.89. The normalized spacial score (nSPS) is 25.3. The first-order valence-electron chi connectivity index (χ1n) is 9.39. The maximum Gasteiger partial charge on any atom is 0.237 e. The standard InChI is InChI=1S/C15H25N3O/c1-3-4-5-6-10-19-15-14(16-12-17-15)13-8-7-9-18(2)11-13/h8H,3-7,9-12H2,1-2H3/i2D3,5D2. The van der Waals surface area contributed by atoms with E-state index in [-0.39, 0.29) is 13.3 Å². The zero-order valence-corrected chi connectivity index (χ0v) is 11.5. The third-order valence-corrected chi connectivity index (χ3v) is 3.05. The molecule has 2 heterocycles. The summed E-state index contributed by atoms with van der Waals surface area (Å²) in [5.74, 6) is 0.404. The minimum absolute atomic E-state index is 0.237. The monoisotopic (exact) mass is 268 g/mol. The molecule has 4 heteroatoms. The van der Waals surface area contributed by atoms with E-state index in [2.05, 4.69) is 9.98 Å². The molecule has 0 aromatic rings. The zero-order chi connectivity index (χ0) is 17.8. The van der Waals surface area contributed by atoms with Gasteiger partial charge in [-0.1, -0.05) is 32.2 Å². The summed E-state index contributed by atoms with van der Waals surface area (Å²) >= 11 is 0. The average molecular weight is 268 g/mol. The Kier molecular flexibility index (Phi) is 3.48. The van der Waals surface area contributed by atoms with Crippen molar-refractivity contribution in [1.82, 2.24) is 4.90 Å². The lowest BCUT2D eigenvalue weighted by atomic mass is 10.1. The lowest BCUT2D eigenvalue weighted by molar-refractivity contribution is 0.298. The van der Waals surface area contributed by atoms with Gasteiger partial charge in [0.2, 0.25) is 5.90 Å². The van der Waals surface area contributed by atoms with Crippen LogP contribution in [-0.2, 0) is 4.74 Å². The van der Waals surface area contributed by atoms with Crippen LogP contribution >= 0.6 is 0 Å². The van der Waals surface area contributed by atoms with Crippen LogP contribution in [0.4, 0.5) is 0 Å². The van der Waals surface area contributed by atoms with E-state index in [1.54, 1.807) is 0 Å². The van der Waals surface area contributed by atoms with Crippen LogP contribution in [0.2, 0.25) is 0 Å². The number of likely N-dealkylation sites (N-methyl/N-ethyl adjacent to an activating group) is 1. The van der Waals surface area contributed by atoms with Gasteiger partial charge in [0.25, 0.3) is 0 Å². The van der Waals surface area contributed by atoms with Crippen LogP contribution in [0.3, 0.4) is 0 Å². The van der Waals surface area contributed by atoms with Crippen LogP contribution < -0.4 is 0 Å². The van der Waals surface area contributed by atoms with Crippen LogP contribution in [0.5, 0.6) is 0 Å². The molecule has 0 atom stereocenters. The molecule has 2 aliphatic heterocycles. The summed E-state index contributed by atoms with van der Waals surface area (Å²) in [7, 11) is 0. The third kappa shape index (κ3) is 4.16. The minimum Gasteiger partial charge on any atom is -0.476 e. The van der Waals surface area contributed by atoms with Gasteiger partial charge in [0.15, 0.2) is 0 Å². The van der Waals surface area contributed by atoms with Crippen molar-refractivity contribution in [3.8, 4) is 0 Å². The second-order valence-corrected chi connectivity index (χ2v) is 4.65. The van der Waals surface area contributed by atoms with Crippen molar-refractivity contribution in [2.24, 2.45) is 9.98 Å². The number of aliphatic imine (C=N–C) groups is 2. The molecule has 19 heavy (non-hydrogen) atoms. The number of hydrogen-bond donors (Lipinski definition) is 0. The van der Waals surface area contributed by atoms with Gasteiger partial charge in [-0.2, -0.15) is 0 Å². The van der Waals surface area contributed by atoms with Gasteiger partial charge < -0.3 is 9.64 Å². The van der Waals surface area contributed by atoms with Crippen molar-refractivity contribution in [3.63, 3.8) is 0 Å². The molecule has 0 spiro atoms. The van der Waals surface area contributed by atoms with Gasteiger partial charge in [-0.3, -0.25) is 4.99 Å². The SMILES string of the molecule is [2H]C([2H])(CCC)CCOC1=NCN=C1C1=CCCN(C([2H])([2H])[2H])C1. The van der Waals surface area contributed by atoms with Crippen LogP contribution in [0.1, 0.15) is 45.8 Å². The van der Waals surface area contributed by atoms with E-state index in [0.29, 0.717) is 44.0 Å². The van der Waals surface area contributed by atoms with E-state index < -0.39 is 13.3 Å². The Hall–Kier alpha value is -1.16. The molecule has 0 unspecified atom stereocenters. The second-order valence-electron chi connectivity index (χ2n) is 4.65. The molecule has 106 valence electrons. The summed E-state index contributed by atoms with van der Waals surface area (Å²) in [5, 5.41) is 0. The predicted molar refractivity (Wildman–Crippen MR) is 80.0 cm³/mol. The van der Waals surface area contributed by atoms with Gasteiger partial charge in [-0.05, 0) is 25.4 Å². The molecule has 2 rings (SSSR count). The van der Waals surface area contributed by atoms with E-state index in [1.165, 1.54) is 4.90 Å². The number of hydrogen-bond acceptors (Lipinski definition) is 4. The first-order chi connectivity index (χ1) is 11.2. The maximum absolute atomic E-state index is 7.88. The molecule has 0 aliphatic carbocycles. The number of nitrogens with zero attached hydrogens (tertiary/aromatic N) is 3. The van der Waals surface area contributed by atoms with Gasteiger partial charge >= 0.3 is 0 Å². The summed E-state index contributed by atoms with van der Waals surface area (Å²) in [4.78, 5) is 9.98. The van der Waals surface area contributed by atoms with E-state index in [0.717, 1.165) is 12.0 Å². The van der Waals surface area contributed by atoms with Crippen LogP contribution in [-0.4, -0.2) is 49.9 Å². The Bertz CT molecular complexity index is 540. The highest BCUT2D eigenvalue weighted by Gasteiger charge is 2.22. The molecular weight excluding hydrogens is 238 g/mol. The van der Waals surface area contributed by atoms with E-state index in [4.69, 9.17) is 11.6 Å². The molecule has 0 saturated heterocycles. The number of ether oxygens (including phenoxy) is 1. The fraction of sp³-hybridized carbons (Fsp3) is 0.733. The van der Waals surface area contributed by atoms with Crippen LogP contribution in [0.15, 0.2) is 21.6 Å². The summed E-state index contributed by atoms with van der Waals surface area (Å²) in [6, 6.07) is 0. The molecule has 0 radical (unpaired) electrons. The molecule has 0 aromatic carbocycles. The third-order valence-electron chi connectivity index (χ3n) is 3.05. The zero-order valence-electron chi connectivity index (χ0n) is 16.5. The lowest BCUT2D eigenvalue weighted by Crippen LogP contribution is -2.31. The highest BCUT2D eigenvalue weighted by Crippen LogP contribution is 2.14. The molecule has 2 aliphatic rings. The van der Waals surface area contributed by atoms with Gasteiger partial charge in [0, 0.05) is 19.9 Å². The molecule has 0 amide bonds. The minimum atomic E-state index is -2.12. The summed E-state index contributed by atoms with van der Waals surface area (Å²) in [6.45, 7) is 1.15. The molecule has 4 nitrogen and oxygen atoms in total. The summed E-state index contributed by atoms with van der Waals surface area (Å²) in [5.41, 5.74) is 1.44. The Morgan fingerprint density at radius 2 is 2.42 bits per heavy atom. The predicted octanol–water partition coefficient (Wildman–Crippen LogP) is 2.66. The van der Waals surface area contributed by atoms with Crippen molar-refractivity contribution >= 4 is 11.6 Å².